The number of anilines is 1. The molecule has 0 spiro atoms. The highest BCUT2D eigenvalue weighted by Crippen LogP contribution is 2.24. The summed E-state index contributed by atoms with van der Waals surface area (Å²) < 4.78 is 5.08. The smallest absolute Gasteiger partial charge is 0.320 e. The number of aromatic nitrogens is 1. The third-order valence-corrected chi connectivity index (χ3v) is 1.72. The zero-order valence-electron chi connectivity index (χ0n) is 10.9. The fraction of sp³-hybridized carbons (Fsp3) is 0.500. The lowest BCUT2D eigenvalue weighted by atomic mass is 9.93. The summed E-state index contributed by atoms with van der Waals surface area (Å²) in [5, 5.41) is 8.68. The standard InChI is InChI=1S/C9H15N3O2.CH4N2O/c1-9(2,3)6-5-7(12-14-6)11-8(13)10-4;2-1(3)4/h5H,1-4H3,(H2,10,11,12,13);(H4,2,3,4). The van der Waals surface area contributed by atoms with Gasteiger partial charge < -0.3 is 21.3 Å². The molecule has 1 rings (SSSR count). The van der Waals surface area contributed by atoms with Gasteiger partial charge in [0.05, 0.1) is 0 Å². The molecule has 0 aliphatic carbocycles. The molecule has 0 aliphatic rings. The first-order valence-corrected chi connectivity index (χ1v) is 5.17. The third kappa shape index (κ3) is 6.36. The van der Waals surface area contributed by atoms with Crippen LogP contribution in [0.15, 0.2) is 10.6 Å². The van der Waals surface area contributed by atoms with E-state index in [-0.39, 0.29) is 11.4 Å². The molecule has 0 aliphatic heterocycles. The fourth-order valence-electron chi connectivity index (χ4n) is 0.866. The maximum absolute atomic E-state index is 10.9. The van der Waals surface area contributed by atoms with E-state index in [9.17, 15) is 4.79 Å². The molecule has 0 fully saturated rings. The Morgan fingerprint density at radius 2 is 1.83 bits per heavy atom. The van der Waals surface area contributed by atoms with Gasteiger partial charge in [-0.15, -0.1) is 0 Å². The third-order valence-electron chi connectivity index (χ3n) is 1.72. The molecule has 0 bridgehead atoms. The van der Waals surface area contributed by atoms with Crippen LogP contribution in [-0.2, 0) is 5.41 Å². The Balaban J connectivity index is 0.000000631. The Bertz CT molecular complexity index is 404. The van der Waals surface area contributed by atoms with E-state index < -0.39 is 6.03 Å². The maximum Gasteiger partial charge on any atom is 0.320 e. The highest BCUT2D eigenvalue weighted by molar-refractivity contribution is 5.87. The monoisotopic (exact) mass is 257 g/mol. The quantitative estimate of drug-likeness (QED) is 0.589. The minimum Gasteiger partial charge on any atom is -0.359 e. The number of nitrogens with one attached hydrogen (secondary N) is 2. The molecule has 8 nitrogen and oxygen atoms in total. The average Bonchev–Trinajstić information content (AvgIpc) is 2.64. The molecule has 0 aromatic carbocycles. The van der Waals surface area contributed by atoms with Gasteiger partial charge in [-0.1, -0.05) is 25.9 Å². The summed E-state index contributed by atoms with van der Waals surface area (Å²) >= 11 is 0. The lowest BCUT2D eigenvalue weighted by molar-refractivity contribution is 0.253. The van der Waals surface area contributed by atoms with Crippen molar-refractivity contribution in [1.29, 1.82) is 0 Å². The summed E-state index contributed by atoms with van der Waals surface area (Å²) in [7, 11) is 1.54. The highest BCUT2D eigenvalue weighted by atomic mass is 16.5. The predicted octanol–water partition coefficient (Wildman–Crippen LogP) is 0.747. The van der Waals surface area contributed by atoms with E-state index in [4.69, 9.17) is 9.32 Å². The molecule has 1 heterocycles. The molecular weight excluding hydrogens is 238 g/mol. The van der Waals surface area contributed by atoms with Gasteiger partial charge in [-0.25, -0.2) is 9.59 Å². The van der Waals surface area contributed by atoms with E-state index in [1.807, 2.05) is 20.8 Å². The number of urea groups is 2. The van der Waals surface area contributed by atoms with Crippen LogP contribution in [0, 0.1) is 0 Å². The van der Waals surface area contributed by atoms with Crippen molar-refractivity contribution in [2.45, 2.75) is 26.2 Å². The number of rotatable bonds is 1. The topological polar surface area (TPSA) is 136 Å². The number of hydrogen-bond acceptors (Lipinski definition) is 4. The zero-order valence-corrected chi connectivity index (χ0v) is 10.9. The van der Waals surface area contributed by atoms with Crippen LogP contribution < -0.4 is 22.1 Å². The Labute approximate surface area is 105 Å². The van der Waals surface area contributed by atoms with Crippen LogP contribution >= 0.6 is 0 Å². The van der Waals surface area contributed by atoms with Gasteiger partial charge in [-0.2, -0.15) is 0 Å². The van der Waals surface area contributed by atoms with Gasteiger partial charge in [0.1, 0.15) is 5.76 Å². The second kappa shape index (κ2) is 6.48. The molecule has 0 saturated carbocycles. The minimum atomic E-state index is -0.833. The Morgan fingerprint density at radius 1 is 1.33 bits per heavy atom. The summed E-state index contributed by atoms with van der Waals surface area (Å²) in [5.74, 6) is 1.16. The average molecular weight is 257 g/mol. The molecule has 102 valence electrons. The van der Waals surface area contributed by atoms with E-state index in [0.717, 1.165) is 5.76 Å². The summed E-state index contributed by atoms with van der Waals surface area (Å²) in [6.45, 7) is 6.03. The predicted molar refractivity (Wildman–Crippen MR) is 67.1 cm³/mol. The first kappa shape index (κ1) is 15.8. The molecule has 0 unspecified atom stereocenters. The molecule has 1 aromatic heterocycles. The zero-order chi connectivity index (χ0) is 14.3. The van der Waals surface area contributed by atoms with E-state index in [1.165, 1.54) is 0 Å². The lowest BCUT2D eigenvalue weighted by Crippen LogP contribution is -2.24. The molecule has 1 aromatic rings. The summed E-state index contributed by atoms with van der Waals surface area (Å²) in [6.07, 6.45) is 0. The number of nitrogens with two attached hydrogens (primary N) is 2. The van der Waals surface area contributed by atoms with Crippen LogP contribution in [0.2, 0.25) is 0 Å². The van der Waals surface area contributed by atoms with Crippen LogP contribution in [-0.4, -0.2) is 24.3 Å². The Morgan fingerprint density at radius 3 is 2.17 bits per heavy atom. The van der Waals surface area contributed by atoms with Crippen molar-refractivity contribution in [1.82, 2.24) is 10.5 Å². The van der Waals surface area contributed by atoms with E-state index in [1.54, 1.807) is 13.1 Å². The van der Waals surface area contributed by atoms with Gasteiger partial charge in [-0.05, 0) is 0 Å². The molecule has 4 amide bonds. The normalized spacial score (nSPS) is 10.0. The van der Waals surface area contributed by atoms with Gasteiger partial charge in [-0.3, -0.25) is 5.32 Å². The molecular formula is C10H19N5O3. The van der Waals surface area contributed by atoms with Crippen molar-refractivity contribution < 1.29 is 14.1 Å². The van der Waals surface area contributed by atoms with Crippen molar-refractivity contribution in [3.8, 4) is 0 Å². The van der Waals surface area contributed by atoms with Gasteiger partial charge in [0.25, 0.3) is 0 Å². The second-order valence-electron chi connectivity index (χ2n) is 4.43. The van der Waals surface area contributed by atoms with E-state index in [0.29, 0.717) is 5.82 Å². The second-order valence-corrected chi connectivity index (χ2v) is 4.43. The van der Waals surface area contributed by atoms with Crippen LogP contribution in [0.1, 0.15) is 26.5 Å². The minimum absolute atomic E-state index is 0.102. The molecule has 0 atom stereocenters. The Kier molecular flexibility index (Phi) is 5.67. The van der Waals surface area contributed by atoms with Gasteiger partial charge in [0.2, 0.25) is 0 Å². The van der Waals surface area contributed by atoms with E-state index >= 15 is 0 Å². The summed E-state index contributed by atoms with van der Waals surface area (Å²) in [6, 6.07) is 0.577. The summed E-state index contributed by atoms with van der Waals surface area (Å²) in [5.41, 5.74) is 8.40. The number of hydrogen-bond donors (Lipinski definition) is 4. The van der Waals surface area contributed by atoms with Crippen molar-refractivity contribution in [3.63, 3.8) is 0 Å². The van der Waals surface area contributed by atoms with Crippen LogP contribution in [0.4, 0.5) is 15.4 Å². The van der Waals surface area contributed by atoms with Crippen molar-refractivity contribution in [3.05, 3.63) is 11.8 Å². The van der Waals surface area contributed by atoms with Crippen LogP contribution in [0.5, 0.6) is 0 Å². The Hall–Kier alpha value is -2.25. The number of primary amides is 2. The van der Waals surface area contributed by atoms with Crippen molar-refractivity contribution >= 4 is 17.9 Å². The van der Waals surface area contributed by atoms with Gasteiger partial charge >= 0.3 is 12.1 Å². The lowest BCUT2D eigenvalue weighted by Gasteiger charge is -2.11. The first-order chi connectivity index (χ1) is 8.16. The SMILES string of the molecule is CNC(=O)Nc1cc(C(C)(C)C)on1.NC(N)=O. The number of carbonyl (C=O) groups excluding carboxylic acids is 2. The highest BCUT2D eigenvalue weighted by Gasteiger charge is 2.19. The molecule has 6 N–H and O–H groups in total. The molecule has 0 radical (unpaired) electrons. The fourth-order valence-corrected chi connectivity index (χ4v) is 0.866. The molecule has 18 heavy (non-hydrogen) atoms. The van der Waals surface area contributed by atoms with Gasteiger partial charge in [0, 0.05) is 18.5 Å². The number of carbonyl (C=O) groups is 2. The van der Waals surface area contributed by atoms with Crippen LogP contribution in [0.25, 0.3) is 0 Å². The largest absolute Gasteiger partial charge is 0.359 e. The molecule has 8 heteroatoms. The number of nitrogens with zero attached hydrogens (tertiary/aromatic N) is 1. The maximum atomic E-state index is 10.9. The van der Waals surface area contributed by atoms with E-state index in [2.05, 4.69) is 27.3 Å². The van der Waals surface area contributed by atoms with Crippen molar-refractivity contribution in [2.75, 3.05) is 12.4 Å². The van der Waals surface area contributed by atoms with Gasteiger partial charge in [0.15, 0.2) is 5.82 Å². The van der Waals surface area contributed by atoms with Crippen molar-refractivity contribution in [2.24, 2.45) is 11.5 Å². The number of amides is 4. The summed E-state index contributed by atoms with van der Waals surface area (Å²) in [4.78, 5) is 19.9. The van der Waals surface area contributed by atoms with Crippen LogP contribution in [0.3, 0.4) is 0 Å². The molecule has 0 saturated heterocycles. The first-order valence-electron chi connectivity index (χ1n) is 5.17.